The third kappa shape index (κ3) is 2.68. The third-order valence-electron chi connectivity index (χ3n) is 4.73. The van der Waals surface area contributed by atoms with Crippen molar-refractivity contribution in [2.24, 2.45) is 0 Å². The first-order valence-corrected chi connectivity index (χ1v) is 8.67. The van der Waals surface area contributed by atoms with Crippen LogP contribution in [0.1, 0.15) is 17.5 Å². The van der Waals surface area contributed by atoms with Crippen molar-refractivity contribution in [1.29, 1.82) is 5.26 Å². The average molecular weight is 344 g/mol. The molecule has 0 aliphatic heterocycles. The van der Waals surface area contributed by atoms with Crippen molar-refractivity contribution in [3.63, 3.8) is 0 Å². The Bertz CT molecular complexity index is 1100. The lowest BCUT2D eigenvalue weighted by molar-refractivity contribution is 0.635. The molecular formula is C20H20N6. The standard InChI is InChI=1S/C20H20N6/c1-15-12-19(24(2)9-5-10-25-11-8-22-14-25)26-18-7-4-3-6-17(18)23-20(26)16(15)13-21/h3-4,6-8,11-12,14H,5,9-10H2,1-2H3. The Morgan fingerprint density at radius 2 is 2.12 bits per heavy atom. The maximum Gasteiger partial charge on any atom is 0.157 e. The maximum absolute atomic E-state index is 9.59. The highest BCUT2D eigenvalue weighted by Crippen LogP contribution is 2.28. The van der Waals surface area contributed by atoms with Crippen molar-refractivity contribution in [1.82, 2.24) is 18.9 Å². The second-order valence-electron chi connectivity index (χ2n) is 6.51. The smallest absolute Gasteiger partial charge is 0.157 e. The summed E-state index contributed by atoms with van der Waals surface area (Å²) in [7, 11) is 2.09. The van der Waals surface area contributed by atoms with Gasteiger partial charge in [-0.25, -0.2) is 9.97 Å². The number of aryl methyl sites for hydroxylation is 2. The molecule has 0 saturated carbocycles. The van der Waals surface area contributed by atoms with Crippen LogP contribution in [-0.4, -0.2) is 32.5 Å². The largest absolute Gasteiger partial charge is 0.361 e. The summed E-state index contributed by atoms with van der Waals surface area (Å²) in [4.78, 5) is 11.0. The normalized spacial score (nSPS) is 11.1. The fraction of sp³-hybridized carbons (Fsp3) is 0.250. The first-order chi connectivity index (χ1) is 12.7. The lowest BCUT2D eigenvalue weighted by Gasteiger charge is -2.22. The van der Waals surface area contributed by atoms with Gasteiger partial charge in [0.1, 0.15) is 11.9 Å². The van der Waals surface area contributed by atoms with Crippen molar-refractivity contribution < 1.29 is 0 Å². The van der Waals surface area contributed by atoms with Crippen LogP contribution in [0, 0.1) is 18.3 Å². The van der Waals surface area contributed by atoms with Gasteiger partial charge in [0.15, 0.2) is 5.65 Å². The van der Waals surface area contributed by atoms with E-state index in [9.17, 15) is 5.26 Å². The van der Waals surface area contributed by atoms with Gasteiger partial charge in [-0.05, 0) is 37.1 Å². The van der Waals surface area contributed by atoms with E-state index < -0.39 is 0 Å². The number of aromatic nitrogens is 4. The second kappa shape index (κ2) is 6.52. The van der Waals surface area contributed by atoms with Gasteiger partial charge in [0.2, 0.25) is 0 Å². The molecule has 0 saturated heterocycles. The van der Waals surface area contributed by atoms with Gasteiger partial charge in [-0.15, -0.1) is 0 Å². The molecule has 0 radical (unpaired) electrons. The summed E-state index contributed by atoms with van der Waals surface area (Å²) in [5, 5.41) is 9.59. The van der Waals surface area contributed by atoms with Crippen LogP contribution in [0.5, 0.6) is 0 Å². The van der Waals surface area contributed by atoms with Crippen LogP contribution in [0.15, 0.2) is 49.1 Å². The van der Waals surface area contributed by atoms with E-state index in [1.165, 1.54) is 0 Å². The maximum atomic E-state index is 9.59. The number of nitriles is 1. The molecule has 0 amide bonds. The van der Waals surface area contributed by atoms with Crippen LogP contribution in [0.3, 0.4) is 0 Å². The highest BCUT2D eigenvalue weighted by Gasteiger charge is 2.16. The van der Waals surface area contributed by atoms with Gasteiger partial charge < -0.3 is 9.47 Å². The van der Waals surface area contributed by atoms with Crippen LogP contribution in [0.2, 0.25) is 0 Å². The molecule has 0 bridgehead atoms. The van der Waals surface area contributed by atoms with Gasteiger partial charge in [-0.1, -0.05) is 12.1 Å². The molecule has 3 aromatic heterocycles. The highest BCUT2D eigenvalue weighted by atomic mass is 15.2. The first-order valence-electron chi connectivity index (χ1n) is 8.67. The summed E-state index contributed by atoms with van der Waals surface area (Å²) in [6.45, 7) is 3.79. The summed E-state index contributed by atoms with van der Waals surface area (Å²) in [6, 6.07) is 12.4. The molecule has 6 nitrogen and oxygen atoms in total. The van der Waals surface area contributed by atoms with Gasteiger partial charge in [0.25, 0.3) is 0 Å². The molecule has 0 fully saturated rings. The number of anilines is 1. The summed E-state index contributed by atoms with van der Waals surface area (Å²) in [5.41, 5.74) is 4.24. The number of para-hydroxylation sites is 2. The Morgan fingerprint density at radius 1 is 1.27 bits per heavy atom. The minimum atomic E-state index is 0.636. The molecular weight excluding hydrogens is 324 g/mol. The lowest BCUT2D eigenvalue weighted by Crippen LogP contribution is -2.22. The summed E-state index contributed by atoms with van der Waals surface area (Å²) in [5.74, 6) is 1.05. The molecule has 0 spiro atoms. The molecule has 6 heteroatoms. The molecule has 0 atom stereocenters. The molecule has 4 rings (SSSR count). The van der Waals surface area contributed by atoms with Gasteiger partial charge >= 0.3 is 0 Å². The third-order valence-corrected chi connectivity index (χ3v) is 4.73. The quantitative estimate of drug-likeness (QED) is 0.557. The predicted octanol–water partition coefficient (Wildman–Crippen LogP) is 3.39. The molecule has 3 heterocycles. The lowest BCUT2D eigenvalue weighted by atomic mass is 10.1. The molecule has 130 valence electrons. The van der Waals surface area contributed by atoms with Crippen LogP contribution >= 0.6 is 0 Å². The zero-order valence-electron chi connectivity index (χ0n) is 14.9. The molecule has 0 aliphatic carbocycles. The molecule has 0 N–H and O–H groups in total. The minimum absolute atomic E-state index is 0.636. The minimum Gasteiger partial charge on any atom is -0.361 e. The Hall–Kier alpha value is -3.33. The zero-order valence-corrected chi connectivity index (χ0v) is 14.9. The summed E-state index contributed by atoms with van der Waals surface area (Å²) in [6.07, 6.45) is 6.62. The van der Waals surface area contributed by atoms with Crippen LogP contribution in [0.4, 0.5) is 5.82 Å². The first kappa shape index (κ1) is 16.2. The summed E-state index contributed by atoms with van der Waals surface area (Å²) >= 11 is 0. The molecule has 1 aromatic carbocycles. The highest BCUT2D eigenvalue weighted by molar-refractivity contribution is 5.85. The Labute approximate surface area is 151 Å². The van der Waals surface area contributed by atoms with E-state index in [2.05, 4.69) is 44.1 Å². The zero-order chi connectivity index (χ0) is 18.1. The molecule has 4 aromatic rings. The Kier molecular flexibility index (Phi) is 4.05. The van der Waals surface area contributed by atoms with E-state index in [0.717, 1.165) is 47.6 Å². The Morgan fingerprint density at radius 3 is 2.88 bits per heavy atom. The molecule has 26 heavy (non-hydrogen) atoms. The number of hydrogen-bond acceptors (Lipinski definition) is 4. The van der Waals surface area contributed by atoms with Crippen molar-refractivity contribution in [3.05, 3.63) is 60.2 Å². The predicted molar refractivity (Wildman–Crippen MR) is 102 cm³/mol. The van der Waals surface area contributed by atoms with Gasteiger partial charge in [0, 0.05) is 32.5 Å². The fourth-order valence-electron chi connectivity index (χ4n) is 3.38. The van der Waals surface area contributed by atoms with Crippen molar-refractivity contribution in [2.45, 2.75) is 19.9 Å². The number of hydrogen-bond donors (Lipinski definition) is 0. The van der Waals surface area contributed by atoms with Gasteiger partial charge in [-0.3, -0.25) is 4.40 Å². The number of nitrogens with zero attached hydrogens (tertiary/aromatic N) is 6. The number of imidazole rings is 2. The van der Waals surface area contributed by atoms with Crippen LogP contribution in [-0.2, 0) is 6.54 Å². The van der Waals surface area contributed by atoms with E-state index in [4.69, 9.17) is 4.98 Å². The Balaban J connectivity index is 1.75. The van der Waals surface area contributed by atoms with Gasteiger partial charge in [-0.2, -0.15) is 5.26 Å². The average Bonchev–Trinajstić information content (AvgIpc) is 3.28. The number of pyridine rings is 1. The molecule has 0 aliphatic rings. The number of benzene rings is 1. The van der Waals surface area contributed by atoms with E-state index in [-0.39, 0.29) is 0 Å². The van der Waals surface area contributed by atoms with E-state index in [0.29, 0.717) is 5.56 Å². The van der Waals surface area contributed by atoms with Crippen molar-refractivity contribution >= 4 is 22.5 Å². The number of fused-ring (bicyclic) bond motifs is 3. The van der Waals surface area contributed by atoms with Crippen LogP contribution < -0.4 is 4.90 Å². The van der Waals surface area contributed by atoms with E-state index >= 15 is 0 Å². The van der Waals surface area contributed by atoms with E-state index in [1.807, 2.05) is 37.6 Å². The van der Waals surface area contributed by atoms with E-state index in [1.54, 1.807) is 6.20 Å². The summed E-state index contributed by atoms with van der Waals surface area (Å²) < 4.78 is 4.18. The van der Waals surface area contributed by atoms with Crippen molar-refractivity contribution in [2.75, 3.05) is 18.5 Å². The van der Waals surface area contributed by atoms with Crippen LogP contribution in [0.25, 0.3) is 16.7 Å². The van der Waals surface area contributed by atoms with Gasteiger partial charge in [0.05, 0.1) is 22.9 Å². The second-order valence-corrected chi connectivity index (χ2v) is 6.51. The molecule has 0 unspecified atom stereocenters. The SMILES string of the molecule is Cc1cc(N(C)CCCn2ccnc2)n2c(nc3ccccc32)c1C#N. The topological polar surface area (TPSA) is 62.1 Å². The van der Waals surface area contributed by atoms with Crippen molar-refractivity contribution in [3.8, 4) is 6.07 Å². The monoisotopic (exact) mass is 344 g/mol. The number of rotatable bonds is 5. The fourth-order valence-corrected chi connectivity index (χ4v) is 3.38.